The number of imide groups is 1. The largest absolute Gasteiger partial charge is 0.272 e. The van der Waals surface area contributed by atoms with Crippen LogP contribution in [-0.4, -0.2) is 22.8 Å². The van der Waals surface area contributed by atoms with E-state index in [1.165, 1.54) is 17.1 Å². The molecule has 0 saturated heterocycles. The maximum atomic E-state index is 11.3. The lowest BCUT2D eigenvalue weighted by molar-refractivity contribution is -0.139. The van der Waals surface area contributed by atoms with Gasteiger partial charge in [0.05, 0.1) is 0 Å². The van der Waals surface area contributed by atoms with Gasteiger partial charge in [0, 0.05) is 18.2 Å². The summed E-state index contributed by atoms with van der Waals surface area (Å²) in [5.74, 6) is -0.324. The van der Waals surface area contributed by atoms with Crippen molar-refractivity contribution in [3.8, 4) is 0 Å². The highest BCUT2D eigenvalue weighted by Gasteiger charge is 2.30. The van der Waals surface area contributed by atoms with E-state index in [-0.39, 0.29) is 17.9 Å². The first-order valence-corrected chi connectivity index (χ1v) is 4.49. The van der Waals surface area contributed by atoms with Gasteiger partial charge in [-0.15, -0.1) is 0 Å². The SMILES string of the molecule is O=C1C=CC(=O)N1C1CC=CCC1. The Kier molecular flexibility index (Phi) is 2.00. The molecule has 0 spiro atoms. The standard InChI is InChI=1S/C10H11NO2/c12-9-6-7-10(13)11(9)8-4-2-1-3-5-8/h1-2,6-8H,3-5H2. The quantitative estimate of drug-likeness (QED) is 0.443. The number of carbonyl (C=O) groups excluding carboxylic acids is 2. The van der Waals surface area contributed by atoms with Gasteiger partial charge in [-0.1, -0.05) is 12.2 Å². The number of nitrogens with zero attached hydrogens (tertiary/aromatic N) is 1. The highest BCUT2D eigenvalue weighted by molar-refractivity contribution is 6.13. The zero-order valence-corrected chi connectivity index (χ0v) is 7.27. The normalized spacial score (nSPS) is 27.4. The summed E-state index contributed by atoms with van der Waals surface area (Å²) in [4.78, 5) is 23.9. The van der Waals surface area contributed by atoms with Crippen LogP contribution in [0.3, 0.4) is 0 Å². The smallest absolute Gasteiger partial charge is 0.253 e. The Hall–Kier alpha value is -1.38. The van der Waals surface area contributed by atoms with Crippen molar-refractivity contribution in [2.75, 3.05) is 0 Å². The second kappa shape index (κ2) is 3.17. The predicted molar refractivity (Wildman–Crippen MR) is 47.8 cm³/mol. The van der Waals surface area contributed by atoms with Crippen molar-refractivity contribution in [1.29, 1.82) is 0 Å². The Morgan fingerprint density at radius 1 is 1.15 bits per heavy atom. The molecule has 1 aliphatic carbocycles. The van der Waals surface area contributed by atoms with Crippen LogP contribution in [0, 0.1) is 0 Å². The molecular formula is C10H11NO2. The third-order valence-corrected chi connectivity index (χ3v) is 2.45. The Balaban J connectivity index is 2.12. The fourth-order valence-electron chi connectivity index (χ4n) is 1.78. The minimum absolute atomic E-state index is 0.0833. The van der Waals surface area contributed by atoms with Crippen LogP contribution in [0.15, 0.2) is 24.3 Å². The first-order valence-electron chi connectivity index (χ1n) is 4.49. The fourth-order valence-corrected chi connectivity index (χ4v) is 1.78. The molecule has 3 nitrogen and oxygen atoms in total. The monoisotopic (exact) mass is 177 g/mol. The summed E-state index contributed by atoms with van der Waals surface area (Å²) in [6.07, 6.45) is 9.49. The molecule has 0 aromatic rings. The lowest BCUT2D eigenvalue weighted by Gasteiger charge is -2.26. The number of hydrogen-bond acceptors (Lipinski definition) is 2. The zero-order chi connectivity index (χ0) is 9.26. The molecule has 2 aliphatic rings. The molecule has 0 aromatic carbocycles. The molecule has 2 amide bonds. The van der Waals surface area contributed by atoms with Crippen molar-refractivity contribution >= 4 is 11.8 Å². The summed E-state index contributed by atoms with van der Waals surface area (Å²) in [5.41, 5.74) is 0. The van der Waals surface area contributed by atoms with E-state index >= 15 is 0 Å². The maximum Gasteiger partial charge on any atom is 0.253 e. The van der Waals surface area contributed by atoms with Crippen LogP contribution >= 0.6 is 0 Å². The summed E-state index contributed by atoms with van der Waals surface area (Å²) in [5, 5.41) is 0. The molecule has 0 fully saturated rings. The fraction of sp³-hybridized carbons (Fsp3) is 0.400. The number of amides is 2. The molecule has 0 radical (unpaired) electrons. The van der Waals surface area contributed by atoms with Crippen LogP contribution in [0.5, 0.6) is 0 Å². The minimum Gasteiger partial charge on any atom is -0.272 e. The van der Waals surface area contributed by atoms with E-state index in [2.05, 4.69) is 6.08 Å². The second-order valence-corrected chi connectivity index (χ2v) is 3.32. The van der Waals surface area contributed by atoms with Crippen LogP contribution in [-0.2, 0) is 9.59 Å². The van der Waals surface area contributed by atoms with Gasteiger partial charge in [0.2, 0.25) is 0 Å². The van der Waals surface area contributed by atoms with Gasteiger partial charge in [0.25, 0.3) is 11.8 Å². The van der Waals surface area contributed by atoms with E-state index in [1.54, 1.807) is 0 Å². The number of rotatable bonds is 1. The van der Waals surface area contributed by atoms with Crippen molar-refractivity contribution in [3.63, 3.8) is 0 Å². The third-order valence-electron chi connectivity index (χ3n) is 2.45. The summed E-state index contributed by atoms with van der Waals surface area (Å²) in [6, 6.07) is 0.0833. The van der Waals surface area contributed by atoms with Gasteiger partial charge in [-0.2, -0.15) is 0 Å². The van der Waals surface area contributed by atoms with Crippen LogP contribution in [0.25, 0.3) is 0 Å². The van der Waals surface area contributed by atoms with Crippen molar-refractivity contribution < 1.29 is 9.59 Å². The first kappa shape index (κ1) is 8.23. The van der Waals surface area contributed by atoms with Crippen molar-refractivity contribution in [2.24, 2.45) is 0 Å². The Morgan fingerprint density at radius 2 is 1.85 bits per heavy atom. The zero-order valence-electron chi connectivity index (χ0n) is 7.27. The van der Waals surface area contributed by atoms with Gasteiger partial charge in [0.15, 0.2) is 0 Å². The van der Waals surface area contributed by atoms with E-state index in [9.17, 15) is 9.59 Å². The van der Waals surface area contributed by atoms with Crippen molar-refractivity contribution in [3.05, 3.63) is 24.3 Å². The van der Waals surface area contributed by atoms with Crippen LogP contribution in [0.2, 0.25) is 0 Å². The molecule has 0 bridgehead atoms. The highest BCUT2D eigenvalue weighted by Crippen LogP contribution is 2.20. The van der Waals surface area contributed by atoms with Gasteiger partial charge in [-0.25, -0.2) is 0 Å². The average molecular weight is 177 g/mol. The molecule has 68 valence electrons. The number of carbonyl (C=O) groups is 2. The van der Waals surface area contributed by atoms with Gasteiger partial charge in [0.1, 0.15) is 0 Å². The Bertz CT molecular complexity index is 286. The van der Waals surface area contributed by atoms with E-state index in [1.807, 2.05) is 6.08 Å². The van der Waals surface area contributed by atoms with Crippen LogP contribution < -0.4 is 0 Å². The molecule has 1 unspecified atom stereocenters. The van der Waals surface area contributed by atoms with Gasteiger partial charge >= 0.3 is 0 Å². The van der Waals surface area contributed by atoms with E-state index < -0.39 is 0 Å². The van der Waals surface area contributed by atoms with Crippen LogP contribution in [0.4, 0.5) is 0 Å². The lowest BCUT2D eigenvalue weighted by atomic mass is 10.0. The predicted octanol–water partition coefficient (Wildman–Crippen LogP) is 1.02. The van der Waals surface area contributed by atoms with Gasteiger partial charge in [-0.3, -0.25) is 14.5 Å². The molecule has 0 N–H and O–H groups in total. The third kappa shape index (κ3) is 1.41. The molecule has 0 saturated carbocycles. The Labute approximate surface area is 76.7 Å². The molecule has 0 aromatic heterocycles. The van der Waals surface area contributed by atoms with E-state index in [0.717, 1.165) is 19.3 Å². The molecule has 1 aliphatic heterocycles. The van der Waals surface area contributed by atoms with Gasteiger partial charge < -0.3 is 0 Å². The Morgan fingerprint density at radius 3 is 2.38 bits per heavy atom. The second-order valence-electron chi connectivity index (χ2n) is 3.32. The molecular weight excluding hydrogens is 166 g/mol. The van der Waals surface area contributed by atoms with E-state index in [4.69, 9.17) is 0 Å². The summed E-state index contributed by atoms with van der Waals surface area (Å²) in [7, 11) is 0. The molecule has 1 atom stereocenters. The topological polar surface area (TPSA) is 37.4 Å². The van der Waals surface area contributed by atoms with Gasteiger partial charge in [-0.05, 0) is 19.3 Å². The summed E-state index contributed by atoms with van der Waals surface area (Å²) < 4.78 is 0. The summed E-state index contributed by atoms with van der Waals surface area (Å²) >= 11 is 0. The average Bonchev–Trinajstić information content (AvgIpc) is 2.48. The summed E-state index contributed by atoms with van der Waals surface area (Å²) in [6.45, 7) is 0. The maximum absolute atomic E-state index is 11.3. The molecule has 3 heteroatoms. The number of hydrogen-bond donors (Lipinski definition) is 0. The highest BCUT2D eigenvalue weighted by atomic mass is 16.2. The van der Waals surface area contributed by atoms with Crippen molar-refractivity contribution in [2.45, 2.75) is 25.3 Å². The molecule has 1 heterocycles. The van der Waals surface area contributed by atoms with E-state index in [0.29, 0.717) is 0 Å². The van der Waals surface area contributed by atoms with Crippen molar-refractivity contribution in [1.82, 2.24) is 4.90 Å². The first-order chi connectivity index (χ1) is 6.29. The minimum atomic E-state index is -0.162. The number of allylic oxidation sites excluding steroid dienone is 1. The molecule has 13 heavy (non-hydrogen) atoms. The molecule has 2 rings (SSSR count). The van der Waals surface area contributed by atoms with Crippen LogP contribution in [0.1, 0.15) is 19.3 Å². The lowest BCUT2D eigenvalue weighted by Crippen LogP contribution is -2.40.